The molecule has 3 nitrogen and oxygen atoms in total. The average Bonchev–Trinajstić information content (AvgIpc) is 3.08. The molecule has 0 radical (unpaired) electrons. The summed E-state index contributed by atoms with van der Waals surface area (Å²) in [5.74, 6) is 3.43. The maximum absolute atomic E-state index is 5.71. The number of hydrogen-bond donors (Lipinski definition) is 0. The minimum Gasteiger partial charge on any atom is -0.496 e. The molecule has 0 aliphatic heterocycles. The van der Waals surface area contributed by atoms with E-state index in [-0.39, 0.29) is 0 Å². The number of aryl methyl sites for hydroxylation is 4. The molecule has 1 saturated carbocycles. The molecule has 0 spiro atoms. The molecular weight excluding hydrogens is 413 g/mol. The summed E-state index contributed by atoms with van der Waals surface area (Å²) in [6.45, 7) is 13.6. The van der Waals surface area contributed by atoms with Gasteiger partial charge in [-0.25, -0.2) is 0 Å². The number of rotatable bonds is 7. The van der Waals surface area contributed by atoms with Gasteiger partial charge in [0.2, 0.25) is 0 Å². The van der Waals surface area contributed by atoms with E-state index in [0.717, 1.165) is 11.5 Å². The first-order chi connectivity index (χ1) is 15.1. The van der Waals surface area contributed by atoms with E-state index in [0.29, 0.717) is 23.5 Å². The Morgan fingerprint density at radius 3 is 1.56 bits per heavy atom. The van der Waals surface area contributed by atoms with Crippen LogP contribution in [0.25, 0.3) is 0 Å². The second kappa shape index (κ2) is 10.1. The molecule has 0 bridgehead atoms. The van der Waals surface area contributed by atoms with Crippen LogP contribution in [0.15, 0.2) is 24.3 Å². The van der Waals surface area contributed by atoms with Crippen LogP contribution in [-0.2, 0) is 0 Å². The van der Waals surface area contributed by atoms with Crippen molar-refractivity contribution in [1.29, 1.82) is 0 Å². The summed E-state index contributed by atoms with van der Waals surface area (Å²) < 4.78 is 11.4. The van der Waals surface area contributed by atoms with E-state index in [9.17, 15) is 0 Å². The number of hydrogen-bond acceptors (Lipinski definition) is 3. The summed E-state index contributed by atoms with van der Waals surface area (Å²) in [6.07, 6.45) is 2.63. The van der Waals surface area contributed by atoms with Gasteiger partial charge in [0, 0.05) is 6.04 Å². The molecule has 4 atom stereocenters. The number of ether oxygens (including phenoxy) is 2. The summed E-state index contributed by atoms with van der Waals surface area (Å²) >= 11 is 0. The highest BCUT2D eigenvalue weighted by Gasteiger charge is 2.43. The SMILES string of the molecule is COc1c(C)cc(P(c2cc(C)c(OC)c(C)c2)C2C(C)CCC2[C@@H](C)N(C)C)cc1C. The lowest BCUT2D eigenvalue weighted by Gasteiger charge is -2.38. The fourth-order valence-corrected chi connectivity index (χ4v) is 9.60. The molecule has 32 heavy (non-hydrogen) atoms. The lowest BCUT2D eigenvalue weighted by atomic mass is 9.97. The predicted molar refractivity (Wildman–Crippen MR) is 140 cm³/mol. The molecule has 4 heteroatoms. The summed E-state index contributed by atoms with van der Waals surface area (Å²) in [4.78, 5) is 2.41. The Hall–Kier alpha value is -1.57. The van der Waals surface area contributed by atoms with Gasteiger partial charge >= 0.3 is 0 Å². The molecule has 0 saturated heterocycles. The zero-order chi connectivity index (χ0) is 23.7. The van der Waals surface area contributed by atoms with Gasteiger partial charge in [0.25, 0.3) is 0 Å². The lowest BCUT2D eigenvalue weighted by Crippen LogP contribution is -2.39. The van der Waals surface area contributed by atoms with E-state index in [2.05, 4.69) is 84.8 Å². The first-order valence-corrected chi connectivity index (χ1v) is 13.3. The maximum Gasteiger partial charge on any atom is 0.124 e. The third-order valence-electron chi connectivity index (χ3n) is 7.56. The van der Waals surface area contributed by atoms with Gasteiger partial charge in [-0.2, -0.15) is 0 Å². The molecule has 0 amide bonds. The van der Waals surface area contributed by atoms with Gasteiger partial charge in [-0.05, 0) is 144 Å². The van der Waals surface area contributed by atoms with Gasteiger partial charge in [0.15, 0.2) is 0 Å². The predicted octanol–water partition coefficient (Wildman–Crippen LogP) is 5.73. The van der Waals surface area contributed by atoms with Crippen LogP contribution in [0.4, 0.5) is 0 Å². The summed E-state index contributed by atoms with van der Waals surface area (Å²) in [5.41, 5.74) is 5.60. The van der Waals surface area contributed by atoms with Crippen molar-refractivity contribution < 1.29 is 9.47 Å². The second-order valence-electron chi connectivity index (χ2n) is 10.0. The lowest BCUT2D eigenvalue weighted by molar-refractivity contribution is 0.229. The average molecular weight is 456 g/mol. The fraction of sp³-hybridized carbons (Fsp3) is 0.571. The van der Waals surface area contributed by atoms with E-state index in [1.165, 1.54) is 45.7 Å². The second-order valence-corrected chi connectivity index (χ2v) is 12.4. The van der Waals surface area contributed by atoms with Crippen LogP contribution in [0.2, 0.25) is 0 Å². The molecule has 0 heterocycles. The van der Waals surface area contributed by atoms with Crippen molar-refractivity contribution in [3.05, 3.63) is 46.5 Å². The molecular formula is C28H42NO2P. The van der Waals surface area contributed by atoms with Gasteiger partial charge in [0.1, 0.15) is 11.5 Å². The molecule has 0 N–H and O–H groups in total. The van der Waals surface area contributed by atoms with E-state index in [1.54, 1.807) is 14.2 Å². The van der Waals surface area contributed by atoms with Crippen molar-refractivity contribution in [2.75, 3.05) is 28.3 Å². The van der Waals surface area contributed by atoms with Crippen LogP contribution in [0.1, 0.15) is 48.9 Å². The molecule has 1 aliphatic carbocycles. The molecule has 0 aromatic heterocycles. The van der Waals surface area contributed by atoms with Crippen LogP contribution in [-0.4, -0.2) is 44.9 Å². The van der Waals surface area contributed by atoms with Gasteiger partial charge in [0.05, 0.1) is 14.2 Å². The summed E-state index contributed by atoms with van der Waals surface area (Å²) in [7, 11) is 7.50. The van der Waals surface area contributed by atoms with Crippen molar-refractivity contribution >= 4 is 18.5 Å². The smallest absolute Gasteiger partial charge is 0.124 e. The van der Waals surface area contributed by atoms with Gasteiger partial charge < -0.3 is 14.4 Å². The number of methoxy groups -OCH3 is 2. The summed E-state index contributed by atoms with van der Waals surface area (Å²) in [6, 6.07) is 10.2. The standard InChI is InChI=1S/C28H42NO2P/c1-17-11-12-25(22(6)29(7)8)28(17)32(23-13-18(2)26(30-9)19(3)14-23)24-15-20(4)27(31-10)21(5)16-24/h13-17,22,25,28H,11-12H2,1-10H3/t17?,22-,25?,28?/m1/s1. The molecule has 1 aliphatic rings. The Morgan fingerprint density at radius 2 is 1.22 bits per heavy atom. The Bertz CT molecular complexity index is 849. The first-order valence-electron chi connectivity index (χ1n) is 11.9. The van der Waals surface area contributed by atoms with Gasteiger partial charge in [-0.3, -0.25) is 0 Å². The van der Waals surface area contributed by atoms with Crippen molar-refractivity contribution in [1.82, 2.24) is 4.90 Å². The zero-order valence-electron chi connectivity index (χ0n) is 21.7. The highest BCUT2D eigenvalue weighted by Crippen LogP contribution is 2.54. The Labute approximate surface area is 197 Å². The Balaban J connectivity index is 2.23. The molecule has 3 unspecified atom stereocenters. The molecule has 1 fully saturated rings. The Morgan fingerprint density at radius 1 is 0.812 bits per heavy atom. The third-order valence-corrected chi connectivity index (χ3v) is 10.7. The fourth-order valence-electron chi connectivity index (χ4n) is 5.84. The van der Waals surface area contributed by atoms with Crippen LogP contribution >= 0.6 is 7.92 Å². The third kappa shape index (κ3) is 4.70. The number of benzene rings is 2. The van der Waals surface area contributed by atoms with Crippen LogP contribution < -0.4 is 20.1 Å². The van der Waals surface area contributed by atoms with Crippen molar-refractivity contribution in [3.8, 4) is 11.5 Å². The van der Waals surface area contributed by atoms with Crippen molar-refractivity contribution in [3.63, 3.8) is 0 Å². The molecule has 2 aromatic rings. The van der Waals surface area contributed by atoms with Crippen molar-refractivity contribution in [2.24, 2.45) is 11.8 Å². The minimum absolute atomic E-state index is 0.525. The largest absolute Gasteiger partial charge is 0.496 e. The summed E-state index contributed by atoms with van der Waals surface area (Å²) in [5, 5.41) is 2.96. The van der Waals surface area contributed by atoms with Crippen LogP contribution in [0, 0.1) is 39.5 Å². The molecule has 3 rings (SSSR count). The van der Waals surface area contributed by atoms with E-state index in [1.807, 2.05) is 0 Å². The number of nitrogens with zero attached hydrogens (tertiary/aromatic N) is 1. The first kappa shape index (κ1) is 25.1. The maximum atomic E-state index is 5.71. The van der Waals surface area contributed by atoms with Gasteiger partial charge in [-0.15, -0.1) is 0 Å². The molecule has 176 valence electrons. The minimum atomic E-state index is -0.525. The topological polar surface area (TPSA) is 21.7 Å². The zero-order valence-corrected chi connectivity index (χ0v) is 22.6. The quantitative estimate of drug-likeness (QED) is 0.497. The monoisotopic (exact) mass is 455 g/mol. The van der Waals surface area contributed by atoms with E-state index in [4.69, 9.17) is 9.47 Å². The molecule has 2 aromatic carbocycles. The van der Waals surface area contributed by atoms with E-state index < -0.39 is 7.92 Å². The Kier molecular flexibility index (Phi) is 7.94. The highest BCUT2D eigenvalue weighted by atomic mass is 31.1. The van der Waals surface area contributed by atoms with Crippen LogP contribution in [0.5, 0.6) is 11.5 Å². The van der Waals surface area contributed by atoms with Crippen molar-refractivity contribution in [2.45, 2.75) is 66.1 Å². The van der Waals surface area contributed by atoms with Crippen LogP contribution in [0.3, 0.4) is 0 Å². The normalized spacial score (nSPS) is 21.9. The van der Waals surface area contributed by atoms with Gasteiger partial charge in [-0.1, -0.05) is 6.92 Å². The van der Waals surface area contributed by atoms with E-state index >= 15 is 0 Å². The highest BCUT2D eigenvalue weighted by molar-refractivity contribution is 7.73.